The Bertz CT molecular complexity index is 454. The van der Waals surface area contributed by atoms with Gasteiger partial charge in [0.1, 0.15) is 5.75 Å². The van der Waals surface area contributed by atoms with Crippen LogP contribution in [0.5, 0.6) is 5.75 Å². The predicted octanol–water partition coefficient (Wildman–Crippen LogP) is 1.69. The van der Waals surface area contributed by atoms with Crippen LogP contribution in [0.15, 0.2) is 23.1 Å². The molecule has 0 saturated carbocycles. The highest BCUT2D eigenvalue weighted by molar-refractivity contribution is 7.89. The molecule has 1 aromatic carbocycles. The molecule has 0 aliphatic rings. The van der Waals surface area contributed by atoms with Crippen molar-refractivity contribution in [1.29, 1.82) is 0 Å². The van der Waals surface area contributed by atoms with Gasteiger partial charge < -0.3 is 4.74 Å². The fraction of sp³-hybridized carbons (Fsp3) is 0.455. The average Bonchev–Trinajstić information content (AvgIpc) is 2.26. The molecular weight excluding hydrogens is 226 g/mol. The Labute approximate surface area is 96.7 Å². The van der Waals surface area contributed by atoms with Crippen molar-refractivity contribution >= 4 is 10.0 Å². The molecule has 16 heavy (non-hydrogen) atoms. The van der Waals surface area contributed by atoms with Crippen molar-refractivity contribution in [3.8, 4) is 5.75 Å². The minimum atomic E-state index is -3.38. The van der Waals surface area contributed by atoms with Gasteiger partial charge in [-0.2, -0.15) is 0 Å². The van der Waals surface area contributed by atoms with Crippen molar-refractivity contribution in [2.45, 2.75) is 25.2 Å². The number of hydrogen-bond donors (Lipinski definition) is 1. The highest BCUT2D eigenvalue weighted by atomic mass is 32.2. The Kier molecular flexibility index (Phi) is 4.32. The zero-order valence-corrected chi connectivity index (χ0v) is 10.6. The minimum Gasteiger partial charge on any atom is -0.496 e. The van der Waals surface area contributed by atoms with Crippen molar-refractivity contribution in [2.24, 2.45) is 0 Å². The van der Waals surface area contributed by atoms with Gasteiger partial charge in [-0.05, 0) is 37.1 Å². The lowest BCUT2D eigenvalue weighted by atomic mass is 10.2. The maximum atomic E-state index is 11.8. The molecule has 0 atom stereocenters. The van der Waals surface area contributed by atoms with Gasteiger partial charge in [0, 0.05) is 6.54 Å². The van der Waals surface area contributed by atoms with E-state index >= 15 is 0 Å². The molecule has 5 heteroatoms. The van der Waals surface area contributed by atoms with E-state index in [9.17, 15) is 8.42 Å². The number of benzene rings is 1. The molecule has 1 N–H and O–H groups in total. The summed E-state index contributed by atoms with van der Waals surface area (Å²) in [5.41, 5.74) is 0.807. The van der Waals surface area contributed by atoms with E-state index < -0.39 is 10.0 Å². The first-order chi connectivity index (χ1) is 7.51. The molecule has 0 aliphatic heterocycles. The number of methoxy groups -OCH3 is 1. The Balaban J connectivity index is 3.01. The molecule has 0 heterocycles. The lowest BCUT2D eigenvalue weighted by Gasteiger charge is -2.08. The van der Waals surface area contributed by atoms with E-state index in [1.165, 1.54) is 0 Å². The molecule has 1 rings (SSSR count). The summed E-state index contributed by atoms with van der Waals surface area (Å²) in [7, 11) is -1.81. The Morgan fingerprint density at radius 2 is 2.06 bits per heavy atom. The van der Waals surface area contributed by atoms with Gasteiger partial charge in [0.05, 0.1) is 12.0 Å². The van der Waals surface area contributed by atoms with E-state index in [-0.39, 0.29) is 4.90 Å². The second-order valence-electron chi connectivity index (χ2n) is 3.53. The molecule has 4 nitrogen and oxygen atoms in total. The van der Waals surface area contributed by atoms with E-state index in [0.29, 0.717) is 12.3 Å². The van der Waals surface area contributed by atoms with Gasteiger partial charge in [-0.15, -0.1) is 0 Å². The lowest BCUT2D eigenvalue weighted by Crippen LogP contribution is -2.24. The fourth-order valence-corrected chi connectivity index (χ4v) is 2.56. The summed E-state index contributed by atoms with van der Waals surface area (Å²) in [6, 6.07) is 4.82. The third kappa shape index (κ3) is 2.96. The third-order valence-electron chi connectivity index (χ3n) is 2.22. The van der Waals surface area contributed by atoms with Gasteiger partial charge >= 0.3 is 0 Å². The van der Waals surface area contributed by atoms with Crippen LogP contribution < -0.4 is 9.46 Å². The minimum absolute atomic E-state index is 0.277. The van der Waals surface area contributed by atoms with Crippen LogP contribution in [0.3, 0.4) is 0 Å². The molecule has 0 bridgehead atoms. The van der Waals surface area contributed by atoms with Crippen molar-refractivity contribution < 1.29 is 13.2 Å². The number of ether oxygens (including phenoxy) is 1. The highest BCUT2D eigenvalue weighted by Crippen LogP contribution is 2.21. The molecule has 0 aliphatic carbocycles. The van der Waals surface area contributed by atoms with Gasteiger partial charge in [0.2, 0.25) is 10.0 Å². The zero-order valence-electron chi connectivity index (χ0n) is 9.78. The largest absolute Gasteiger partial charge is 0.496 e. The molecular formula is C11H17NO3S. The first kappa shape index (κ1) is 13.0. The summed E-state index contributed by atoms with van der Waals surface area (Å²) in [6.45, 7) is 4.19. The maximum Gasteiger partial charge on any atom is 0.240 e. The van der Waals surface area contributed by atoms with Crippen molar-refractivity contribution in [2.75, 3.05) is 13.7 Å². The van der Waals surface area contributed by atoms with Crippen LogP contribution in [0, 0.1) is 6.92 Å². The number of aryl methyl sites for hydroxylation is 1. The molecule has 0 saturated heterocycles. The molecule has 0 spiro atoms. The third-order valence-corrected chi connectivity index (χ3v) is 3.68. The number of rotatable bonds is 5. The van der Waals surface area contributed by atoms with Crippen LogP contribution in [0.1, 0.15) is 18.9 Å². The molecule has 0 fully saturated rings. The average molecular weight is 243 g/mol. The van der Waals surface area contributed by atoms with Gasteiger partial charge in [-0.1, -0.05) is 6.92 Å². The predicted molar refractivity (Wildman–Crippen MR) is 63.2 cm³/mol. The summed E-state index contributed by atoms with van der Waals surface area (Å²) in [5, 5.41) is 0. The number of hydrogen-bond acceptors (Lipinski definition) is 3. The first-order valence-electron chi connectivity index (χ1n) is 5.15. The van der Waals surface area contributed by atoms with Gasteiger partial charge in [-0.3, -0.25) is 0 Å². The van der Waals surface area contributed by atoms with Crippen LogP contribution in [-0.2, 0) is 10.0 Å². The summed E-state index contributed by atoms with van der Waals surface area (Å²) < 4.78 is 31.2. The second-order valence-corrected chi connectivity index (χ2v) is 5.30. The fourth-order valence-electron chi connectivity index (χ4n) is 1.34. The quantitative estimate of drug-likeness (QED) is 0.856. The summed E-state index contributed by atoms with van der Waals surface area (Å²) in [5.74, 6) is 0.689. The summed E-state index contributed by atoms with van der Waals surface area (Å²) >= 11 is 0. The molecule has 90 valence electrons. The van der Waals surface area contributed by atoms with E-state index in [2.05, 4.69) is 4.72 Å². The molecule has 0 amide bonds. The molecule has 1 aromatic rings. The lowest BCUT2D eigenvalue weighted by molar-refractivity contribution is 0.411. The van der Waals surface area contributed by atoms with Crippen LogP contribution in [0.25, 0.3) is 0 Å². The monoisotopic (exact) mass is 243 g/mol. The van der Waals surface area contributed by atoms with Crippen LogP contribution >= 0.6 is 0 Å². The topological polar surface area (TPSA) is 55.4 Å². The Morgan fingerprint density at radius 3 is 2.56 bits per heavy atom. The van der Waals surface area contributed by atoms with Crippen LogP contribution in [-0.4, -0.2) is 22.1 Å². The first-order valence-corrected chi connectivity index (χ1v) is 6.64. The zero-order chi connectivity index (χ0) is 12.2. The maximum absolute atomic E-state index is 11.8. The van der Waals surface area contributed by atoms with E-state index in [4.69, 9.17) is 4.74 Å². The molecule has 0 radical (unpaired) electrons. The van der Waals surface area contributed by atoms with Gasteiger partial charge in [0.15, 0.2) is 0 Å². The van der Waals surface area contributed by atoms with Crippen molar-refractivity contribution in [3.05, 3.63) is 23.8 Å². The molecule has 0 aromatic heterocycles. The Hall–Kier alpha value is -1.07. The number of sulfonamides is 1. The summed E-state index contributed by atoms with van der Waals surface area (Å²) in [4.78, 5) is 0.277. The van der Waals surface area contributed by atoms with Crippen molar-refractivity contribution in [3.63, 3.8) is 0 Å². The van der Waals surface area contributed by atoms with Crippen LogP contribution in [0.4, 0.5) is 0 Å². The Morgan fingerprint density at radius 1 is 1.38 bits per heavy atom. The normalized spacial score (nSPS) is 11.4. The van der Waals surface area contributed by atoms with E-state index in [1.807, 2.05) is 13.8 Å². The van der Waals surface area contributed by atoms with Gasteiger partial charge in [0.25, 0.3) is 0 Å². The molecule has 0 unspecified atom stereocenters. The second kappa shape index (κ2) is 5.32. The highest BCUT2D eigenvalue weighted by Gasteiger charge is 2.14. The van der Waals surface area contributed by atoms with Crippen LogP contribution in [0.2, 0.25) is 0 Å². The van der Waals surface area contributed by atoms with E-state index in [1.54, 1.807) is 25.3 Å². The van der Waals surface area contributed by atoms with E-state index in [0.717, 1.165) is 12.0 Å². The van der Waals surface area contributed by atoms with Gasteiger partial charge in [-0.25, -0.2) is 13.1 Å². The summed E-state index contributed by atoms with van der Waals surface area (Å²) in [6.07, 6.45) is 0.772. The smallest absolute Gasteiger partial charge is 0.240 e. The SMILES string of the molecule is CCCNS(=O)(=O)c1ccc(OC)c(C)c1. The standard InChI is InChI=1S/C11H17NO3S/c1-4-7-12-16(13,14)10-5-6-11(15-3)9(2)8-10/h5-6,8,12H,4,7H2,1-3H3. The van der Waals surface area contributed by atoms with Crippen molar-refractivity contribution in [1.82, 2.24) is 4.72 Å². The number of nitrogens with one attached hydrogen (secondary N) is 1.